The van der Waals surface area contributed by atoms with Crippen LogP contribution < -0.4 is 10.1 Å². The molecule has 0 spiro atoms. The molecule has 1 atom stereocenters. The first-order chi connectivity index (χ1) is 7.98. The third-order valence-electron chi connectivity index (χ3n) is 2.84. The highest BCUT2D eigenvalue weighted by Gasteiger charge is 2.16. The van der Waals surface area contributed by atoms with Crippen molar-refractivity contribution in [1.82, 2.24) is 5.32 Å². The summed E-state index contributed by atoms with van der Waals surface area (Å²) in [6, 6.07) is 4.76. The first-order valence-corrected chi connectivity index (χ1v) is 5.74. The van der Waals surface area contributed by atoms with Crippen molar-refractivity contribution in [3.63, 3.8) is 0 Å². The SMILES string of the molecule is CCC(C)(O)CNCc1ccc(OC)cc1F. The monoisotopic (exact) mass is 241 g/mol. The summed E-state index contributed by atoms with van der Waals surface area (Å²) in [6.07, 6.45) is 0.658. The van der Waals surface area contributed by atoms with Crippen molar-refractivity contribution in [3.05, 3.63) is 29.6 Å². The van der Waals surface area contributed by atoms with E-state index >= 15 is 0 Å². The average molecular weight is 241 g/mol. The summed E-state index contributed by atoms with van der Waals surface area (Å²) in [5.41, 5.74) is -0.180. The minimum Gasteiger partial charge on any atom is -0.497 e. The van der Waals surface area contributed by atoms with Gasteiger partial charge >= 0.3 is 0 Å². The lowest BCUT2D eigenvalue weighted by molar-refractivity contribution is 0.0555. The second-order valence-electron chi connectivity index (χ2n) is 4.41. The summed E-state index contributed by atoms with van der Waals surface area (Å²) in [5, 5.41) is 12.8. The molecule has 1 aromatic rings. The minimum absolute atomic E-state index is 0.298. The van der Waals surface area contributed by atoms with Crippen molar-refractivity contribution >= 4 is 0 Å². The summed E-state index contributed by atoms with van der Waals surface area (Å²) in [5.74, 6) is 0.208. The minimum atomic E-state index is -0.747. The molecule has 0 saturated heterocycles. The number of methoxy groups -OCH3 is 1. The van der Waals surface area contributed by atoms with E-state index in [9.17, 15) is 9.50 Å². The molecule has 0 radical (unpaired) electrons. The zero-order valence-corrected chi connectivity index (χ0v) is 10.6. The van der Waals surface area contributed by atoms with Crippen molar-refractivity contribution in [3.8, 4) is 5.75 Å². The van der Waals surface area contributed by atoms with E-state index in [0.29, 0.717) is 30.8 Å². The Kier molecular flexibility index (Phi) is 4.90. The molecule has 0 aliphatic heterocycles. The van der Waals surface area contributed by atoms with E-state index in [-0.39, 0.29) is 5.82 Å². The van der Waals surface area contributed by atoms with Crippen LogP contribution >= 0.6 is 0 Å². The number of hydrogen-bond donors (Lipinski definition) is 2. The fourth-order valence-corrected chi connectivity index (χ4v) is 1.39. The summed E-state index contributed by atoms with van der Waals surface area (Å²) in [6.45, 7) is 4.50. The van der Waals surface area contributed by atoms with Gasteiger partial charge in [-0.2, -0.15) is 0 Å². The topological polar surface area (TPSA) is 41.5 Å². The Balaban J connectivity index is 2.52. The van der Waals surface area contributed by atoms with Crippen LogP contribution in [0.25, 0.3) is 0 Å². The van der Waals surface area contributed by atoms with Crippen LogP contribution in [0.5, 0.6) is 5.75 Å². The van der Waals surface area contributed by atoms with Crippen molar-refractivity contribution in [2.45, 2.75) is 32.4 Å². The molecule has 4 heteroatoms. The van der Waals surface area contributed by atoms with E-state index in [0.717, 1.165) is 0 Å². The highest BCUT2D eigenvalue weighted by molar-refractivity contribution is 5.28. The number of ether oxygens (including phenoxy) is 1. The summed E-state index contributed by atoms with van der Waals surface area (Å²) in [7, 11) is 1.51. The Bertz CT molecular complexity index is 366. The van der Waals surface area contributed by atoms with Crippen LogP contribution in [0.15, 0.2) is 18.2 Å². The van der Waals surface area contributed by atoms with Gasteiger partial charge in [-0.05, 0) is 19.4 Å². The predicted octanol–water partition coefficient (Wildman–Crippen LogP) is 2.08. The Labute approximate surface area is 102 Å². The molecule has 0 heterocycles. The van der Waals surface area contributed by atoms with E-state index in [1.54, 1.807) is 19.1 Å². The van der Waals surface area contributed by atoms with Gasteiger partial charge in [0.25, 0.3) is 0 Å². The van der Waals surface area contributed by atoms with Gasteiger partial charge in [0.1, 0.15) is 11.6 Å². The maximum absolute atomic E-state index is 13.6. The van der Waals surface area contributed by atoms with Gasteiger partial charge in [-0.3, -0.25) is 0 Å². The number of benzene rings is 1. The lowest BCUT2D eigenvalue weighted by Crippen LogP contribution is -2.36. The second kappa shape index (κ2) is 5.98. The molecule has 0 aliphatic carbocycles. The quantitative estimate of drug-likeness (QED) is 0.801. The number of hydrogen-bond acceptors (Lipinski definition) is 3. The Morgan fingerprint density at radius 1 is 1.47 bits per heavy atom. The molecular weight excluding hydrogens is 221 g/mol. The van der Waals surface area contributed by atoms with Gasteiger partial charge < -0.3 is 15.2 Å². The number of aliphatic hydroxyl groups is 1. The Morgan fingerprint density at radius 3 is 2.71 bits per heavy atom. The molecule has 2 N–H and O–H groups in total. The summed E-state index contributed by atoms with van der Waals surface area (Å²) >= 11 is 0. The van der Waals surface area contributed by atoms with Crippen LogP contribution in [0, 0.1) is 5.82 Å². The smallest absolute Gasteiger partial charge is 0.131 e. The Hall–Kier alpha value is -1.13. The zero-order valence-electron chi connectivity index (χ0n) is 10.6. The fourth-order valence-electron chi connectivity index (χ4n) is 1.39. The third kappa shape index (κ3) is 4.32. The lowest BCUT2D eigenvalue weighted by Gasteiger charge is -2.21. The van der Waals surface area contributed by atoms with Crippen LogP contribution in [0.3, 0.4) is 0 Å². The normalized spacial score (nSPS) is 14.4. The standard InChI is InChI=1S/C13H20FNO2/c1-4-13(2,16)9-15-8-10-5-6-11(17-3)7-12(10)14/h5-7,15-16H,4,8-9H2,1-3H3. The molecule has 0 amide bonds. The first-order valence-electron chi connectivity index (χ1n) is 5.74. The molecule has 1 rings (SSSR count). The number of rotatable bonds is 6. The molecule has 0 saturated carbocycles. The van der Waals surface area contributed by atoms with Crippen LogP contribution in [-0.2, 0) is 6.54 Å². The van der Waals surface area contributed by atoms with Crippen LogP contribution in [0.1, 0.15) is 25.8 Å². The lowest BCUT2D eigenvalue weighted by atomic mass is 10.0. The van der Waals surface area contributed by atoms with Gasteiger partial charge in [-0.15, -0.1) is 0 Å². The van der Waals surface area contributed by atoms with Gasteiger partial charge in [0.15, 0.2) is 0 Å². The molecular formula is C13H20FNO2. The zero-order chi connectivity index (χ0) is 12.9. The molecule has 1 unspecified atom stereocenters. The predicted molar refractivity (Wildman–Crippen MR) is 65.6 cm³/mol. The molecule has 17 heavy (non-hydrogen) atoms. The number of nitrogens with one attached hydrogen (secondary N) is 1. The van der Waals surface area contributed by atoms with Crippen molar-refractivity contribution in [1.29, 1.82) is 0 Å². The molecule has 0 bridgehead atoms. The maximum atomic E-state index is 13.6. The molecule has 0 fully saturated rings. The summed E-state index contributed by atoms with van der Waals surface area (Å²) < 4.78 is 18.5. The van der Waals surface area contributed by atoms with Crippen molar-refractivity contribution in [2.75, 3.05) is 13.7 Å². The highest BCUT2D eigenvalue weighted by atomic mass is 19.1. The summed E-state index contributed by atoms with van der Waals surface area (Å²) in [4.78, 5) is 0. The fraction of sp³-hybridized carbons (Fsp3) is 0.538. The van der Waals surface area contributed by atoms with Crippen LogP contribution in [-0.4, -0.2) is 24.4 Å². The Morgan fingerprint density at radius 2 is 2.18 bits per heavy atom. The van der Waals surface area contributed by atoms with E-state index in [2.05, 4.69) is 5.32 Å². The van der Waals surface area contributed by atoms with E-state index in [4.69, 9.17) is 4.74 Å². The van der Waals surface area contributed by atoms with Crippen LogP contribution in [0.2, 0.25) is 0 Å². The van der Waals surface area contributed by atoms with Crippen LogP contribution in [0.4, 0.5) is 4.39 Å². The van der Waals surface area contributed by atoms with Crippen molar-refractivity contribution in [2.24, 2.45) is 0 Å². The van der Waals surface area contributed by atoms with Gasteiger partial charge in [0.2, 0.25) is 0 Å². The molecule has 3 nitrogen and oxygen atoms in total. The third-order valence-corrected chi connectivity index (χ3v) is 2.84. The van der Waals surface area contributed by atoms with Gasteiger partial charge in [0, 0.05) is 24.7 Å². The number of halogens is 1. The van der Waals surface area contributed by atoms with Gasteiger partial charge in [-0.25, -0.2) is 4.39 Å². The average Bonchev–Trinajstić information content (AvgIpc) is 2.31. The molecule has 1 aromatic carbocycles. The van der Waals surface area contributed by atoms with E-state index in [1.807, 2.05) is 6.92 Å². The molecule has 96 valence electrons. The van der Waals surface area contributed by atoms with Gasteiger partial charge in [-0.1, -0.05) is 13.0 Å². The van der Waals surface area contributed by atoms with Gasteiger partial charge in [0.05, 0.1) is 12.7 Å². The van der Waals surface area contributed by atoms with Crippen molar-refractivity contribution < 1.29 is 14.2 Å². The van der Waals surface area contributed by atoms with E-state index in [1.165, 1.54) is 13.2 Å². The first kappa shape index (κ1) is 13.9. The maximum Gasteiger partial charge on any atom is 0.131 e. The molecule has 0 aromatic heterocycles. The largest absolute Gasteiger partial charge is 0.497 e. The second-order valence-corrected chi connectivity index (χ2v) is 4.41. The molecule has 0 aliphatic rings. The highest BCUT2D eigenvalue weighted by Crippen LogP contribution is 2.16. The van der Waals surface area contributed by atoms with E-state index < -0.39 is 5.60 Å².